The number of nitrogens with zero attached hydrogens (tertiary/aromatic N) is 1. The van der Waals surface area contributed by atoms with E-state index < -0.39 is 0 Å². The number of rotatable bonds is 7. The van der Waals surface area contributed by atoms with Crippen molar-refractivity contribution >= 4 is 0 Å². The Morgan fingerprint density at radius 1 is 1.18 bits per heavy atom. The zero-order chi connectivity index (χ0) is 12.7. The summed E-state index contributed by atoms with van der Waals surface area (Å²) in [4.78, 5) is 2.77. The van der Waals surface area contributed by atoms with E-state index in [1.807, 2.05) is 0 Å². The standard InChI is InChI=1S/C15H32N2/c1-5-14-9-7-8-10-17(14)15(6-2)12-16-11-13(3)4/h13-16H,5-12H2,1-4H3. The quantitative estimate of drug-likeness (QED) is 0.735. The molecular formula is C15H32N2. The summed E-state index contributed by atoms with van der Waals surface area (Å²) in [6, 6.07) is 1.59. The minimum Gasteiger partial charge on any atom is -0.315 e. The highest BCUT2D eigenvalue weighted by molar-refractivity contribution is 4.82. The van der Waals surface area contributed by atoms with Gasteiger partial charge in [-0.05, 0) is 44.7 Å². The normalized spacial score (nSPS) is 24.2. The van der Waals surface area contributed by atoms with Crippen molar-refractivity contribution in [3.8, 4) is 0 Å². The molecule has 2 heteroatoms. The van der Waals surface area contributed by atoms with Crippen molar-refractivity contribution in [1.82, 2.24) is 10.2 Å². The lowest BCUT2D eigenvalue weighted by atomic mass is 9.97. The van der Waals surface area contributed by atoms with Crippen LogP contribution in [-0.4, -0.2) is 36.6 Å². The molecule has 1 fully saturated rings. The van der Waals surface area contributed by atoms with Crippen LogP contribution >= 0.6 is 0 Å². The van der Waals surface area contributed by atoms with Gasteiger partial charge in [0.05, 0.1) is 0 Å². The highest BCUT2D eigenvalue weighted by Gasteiger charge is 2.26. The molecule has 0 aromatic rings. The highest BCUT2D eigenvalue weighted by Crippen LogP contribution is 2.22. The van der Waals surface area contributed by atoms with Crippen LogP contribution < -0.4 is 5.32 Å². The predicted molar refractivity (Wildman–Crippen MR) is 76.4 cm³/mol. The van der Waals surface area contributed by atoms with E-state index in [1.165, 1.54) is 45.2 Å². The van der Waals surface area contributed by atoms with Crippen LogP contribution in [0.1, 0.15) is 59.8 Å². The maximum absolute atomic E-state index is 3.64. The highest BCUT2D eigenvalue weighted by atomic mass is 15.2. The second kappa shape index (κ2) is 8.10. The van der Waals surface area contributed by atoms with Gasteiger partial charge in [-0.1, -0.05) is 34.1 Å². The van der Waals surface area contributed by atoms with Gasteiger partial charge in [0.25, 0.3) is 0 Å². The van der Waals surface area contributed by atoms with Crippen LogP contribution in [0.5, 0.6) is 0 Å². The molecule has 1 aliphatic rings. The summed E-state index contributed by atoms with van der Waals surface area (Å²) in [5.41, 5.74) is 0. The van der Waals surface area contributed by atoms with Gasteiger partial charge in [-0.3, -0.25) is 4.90 Å². The smallest absolute Gasteiger partial charge is 0.0220 e. The maximum Gasteiger partial charge on any atom is 0.0220 e. The van der Waals surface area contributed by atoms with Crippen LogP contribution in [0.3, 0.4) is 0 Å². The second-order valence-electron chi connectivity index (χ2n) is 5.91. The van der Waals surface area contributed by atoms with Gasteiger partial charge >= 0.3 is 0 Å². The van der Waals surface area contributed by atoms with Gasteiger partial charge in [0.1, 0.15) is 0 Å². The zero-order valence-corrected chi connectivity index (χ0v) is 12.3. The number of hydrogen-bond acceptors (Lipinski definition) is 2. The fourth-order valence-electron chi connectivity index (χ4n) is 2.98. The van der Waals surface area contributed by atoms with Crippen LogP contribution in [0.25, 0.3) is 0 Å². The number of piperidine rings is 1. The summed E-state index contributed by atoms with van der Waals surface area (Å²) in [5, 5.41) is 3.64. The Hall–Kier alpha value is -0.0800. The van der Waals surface area contributed by atoms with Gasteiger partial charge in [-0.15, -0.1) is 0 Å². The van der Waals surface area contributed by atoms with Crippen LogP contribution in [0, 0.1) is 5.92 Å². The van der Waals surface area contributed by atoms with Gasteiger partial charge in [0.2, 0.25) is 0 Å². The molecule has 102 valence electrons. The van der Waals surface area contributed by atoms with Crippen molar-refractivity contribution in [1.29, 1.82) is 0 Å². The van der Waals surface area contributed by atoms with Gasteiger partial charge in [0.15, 0.2) is 0 Å². The molecule has 0 aromatic carbocycles. The Bertz CT molecular complexity index is 191. The molecule has 1 rings (SSSR count). The Morgan fingerprint density at radius 2 is 1.94 bits per heavy atom. The third kappa shape index (κ3) is 4.97. The first kappa shape index (κ1) is 15.0. The van der Waals surface area contributed by atoms with Crippen molar-refractivity contribution in [3.63, 3.8) is 0 Å². The number of nitrogens with one attached hydrogen (secondary N) is 1. The van der Waals surface area contributed by atoms with E-state index in [0.29, 0.717) is 0 Å². The van der Waals surface area contributed by atoms with Gasteiger partial charge < -0.3 is 5.32 Å². The van der Waals surface area contributed by atoms with Crippen molar-refractivity contribution in [2.24, 2.45) is 5.92 Å². The summed E-state index contributed by atoms with van der Waals surface area (Å²) < 4.78 is 0. The molecular weight excluding hydrogens is 208 g/mol. The van der Waals surface area contributed by atoms with Crippen LogP contribution in [-0.2, 0) is 0 Å². The third-order valence-electron chi connectivity index (χ3n) is 4.02. The Balaban J connectivity index is 2.40. The molecule has 0 bridgehead atoms. The predicted octanol–water partition coefficient (Wildman–Crippen LogP) is 3.28. The van der Waals surface area contributed by atoms with Crippen LogP contribution in [0.2, 0.25) is 0 Å². The van der Waals surface area contributed by atoms with Crippen molar-refractivity contribution in [2.75, 3.05) is 19.6 Å². The monoisotopic (exact) mass is 240 g/mol. The molecule has 0 aromatic heterocycles. The molecule has 17 heavy (non-hydrogen) atoms. The average molecular weight is 240 g/mol. The van der Waals surface area contributed by atoms with Gasteiger partial charge in [-0.25, -0.2) is 0 Å². The first-order valence-corrected chi connectivity index (χ1v) is 7.65. The molecule has 2 unspecified atom stereocenters. The molecule has 1 aliphatic heterocycles. The molecule has 0 saturated carbocycles. The maximum atomic E-state index is 3.64. The molecule has 0 amide bonds. The Morgan fingerprint density at radius 3 is 2.53 bits per heavy atom. The third-order valence-corrected chi connectivity index (χ3v) is 4.02. The van der Waals surface area contributed by atoms with Crippen LogP contribution in [0.15, 0.2) is 0 Å². The first-order valence-electron chi connectivity index (χ1n) is 7.65. The lowest BCUT2D eigenvalue weighted by Crippen LogP contribution is -2.50. The molecule has 0 radical (unpaired) electrons. The molecule has 0 spiro atoms. The van der Waals surface area contributed by atoms with E-state index in [4.69, 9.17) is 0 Å². The van der Waals surface area contributed by atoms with Crippen molar-refractivity contribution in [2.45, 2.75) is 71.9 Å². The lowest BCUT2D eigenvalue weighted by Gasteiger charge is -2.41. The molecule has 1 N–H and O–H groups in total. The topological polar surface area (TPSA) is 15.3 Å². The molecule has 0 aliphatic carbocycles. The first-order chi connectivity index (χ1) is 8.19. The van der Waals surface area contributed by atoms with E-state index in [1.54, 1.807) is 0 Å². The zero-order valence-electron chi connectivity index (χ0n) is 12.3. The summed E-state index contributed by atoms with van der Waals surface area (Å²) in [7, 11) is 0. The fraction of sp³-hybridized carbons (Fsp3) is 1.00. The Labute approximate surface area is 108 Å². The molecule has 2 atom stereocenters. The SMILES string of the molecule is CCC1CCCCN1C(CC)CNCC(C)C. The summed E-state index contributed by atoms with van der Waals surface area (Å²) in [5.74, 6) is 0.760. The molecule has 2 nitrogen and oxygen atoms in total. The van der Waals surface area contributed by atoms with Crippen molar-refractivity contribution < 1.29 is 0 Å². The van der Waals surface area contributed by atoms with E-state index >= 15 is 0 Å². The second-order valence-corrected chi connectivity index (χ2v) is 5.91. The molecule has 1 saturated heterocycles. The van der Waals surface area contributed by atoms with Gasteiger partial charge in [-0.2, -0.15) is 0 Å². The fourth-order valence-corrected chi connectivity index (χ4v) is 2.98. The lowest BCUT2D eigenvalue weighted by molar-refractivity contribution is 0.0878. The van der Waals surface area contributed by atoms with Crippen molar-refractivity contribution in [3.05, 3.63) is 0 Å². The summed E-state index contributed by atoms with van der Waals surface area (Å²) in [6.45, 7) is 12.9. The molecule has 1 heterocycles. The summed E-state index contributed by atoms with van der Waals surface area (Å²) in [6.07, 6.45) is 6.85. The minimum absolute atomic E-state index is 0.749. The number of likely N-dealkylation sites (tertiary alicyclic amines) is 1. The van der Waals surface area contributed by atoms with Crippen LogP contribution in [0.4, 0.5) is 0 Å². The van der Waals surface area contributed by atoms with E-state index in [2.05, 4.69) is 37.9 Å². The van der Waals surface area contributed by atoms with E-state index in [9.17, 15) is 0 Å². The van der Waals surface area contributed by atoms with E-state index in [-0.39, 0.29) is 0 Å². The van der Waals surface area contributed by atoms with E-state index in [0.717, 1.165) is 24.5 Å². The summed E-state index contributed by atoms with van der Waals surface area (Å²) >= 11 is 0. The Kier molecular flexibility index (Phi) is 7.14. The minimum atomic E-state index is 0.749. The largest absolute Gasteiger partial charge is 0.315 e. The average Bonchev–Trinajstić information content (AvgIpc) is 2.34. The number of hydrogen-bond donors (Lipinski definition) is 1. The van der Waals surface area contributed by atoms with Gasteiger partial charge in [0, 0.05) is 18.6 Å².